The number of rotatable bonds is 6. The molecule has 6 heteroatoms. The minimum atomic E-state index is -0.300. The first-order chi connectivity index (χ1) is 13.2. The van der Waals surface area contributed by atoms with Crippen LogP contribution in [0, 0.1) is 0 Å². The van der Waals surface area contributed by atoms with Crippen LogP contribution in [0.15, 0.2) is 67.0 Å². The molecule has 0 saturated carbocycles. The molecule has 3 aromatic rings. The Morgan fingerprint density at radius 2 is 1.70 bits per heavy atom. The highest BCUT2D eigenvalue weighted by atomic mass is 16.5. The van der Waals surface area contributed by atoms with E-state index in [-0.39, 0.29) is 11.9 Å². The second-order valence-electron chi connectivity index (χ2n) is 5.57. The first kappa shape index (κ1) is 18.1. The van der Waals surface area contributed by atoms with Crippen LogP contribution in [0.4, 0.5) is 5.95 Å². The van der Waals surface area contributed by atoms with Crippen LogP contribution in [0.2, 0.25) is 0 Å². The third kappa shape index (κ3) is 4.49. The predicted octanol–water partition coefficient (Wildman–Crippen LogP) is 3.81. The number of nitrogens with one attached hydrogen (secondary N) is 1. The Morgan fingerprint density at radius 3 is 2.37 bits per heavy atom. The third-order valence-corrected chi connectivity index (χ3v) is 3.83. The Labute approximate surface area is 157 Å². The summed E-state index contributed by atoms with van der Waals surface area (Å²) in [5, 5.41) is 2.64. The molecule has 0 bridgehead atoms. The van der Waals surface area contributed by atoms with E-state index in [1.54, 1.807) is 32.7 Å². The van der Waals surface area contributed by atoms with Gasteiger partial charge in [-0.2, -0.15) is 0 Å². The highest BCUT2D eigenvalue weighted by Crippen LogP contribution is 2.37. The number of amides is 1. The fourth-order valence-corrected chi connectivity index (χ4v) is 2.53. The van der Waals surface area contributed by atoms with Gasteiger partial charge < -0.3 is 9.47 Å². The Balaban J connectivity index is 1.73. The molecule has 0 aliphatic rings. The summed E-state index contributed by atoms with van der Waals surface area (Å²) in [4.78, 5) is 20.4. The minimum Gasteiger partial charge on any atom is -0.493 e. The summed E-state index contributed by atoms with van der Waals surface area (Å²) >= 11 is 0. The number of carbonyl (C=O) groups is 1. The quantitative estimate of drug-likeness (QED) is 0.676. The molecule has 0 aliphatic heterocycles. The van der Waals surface area contributed by atoms with Crippen molar-refractivity contribution in [1.82, 2.24) is 9.97 Å². The summed E-state index contributed by atoms with van der Waals surface area (Å²) in [6, 6.07) is 15.1. The Kier molecular flexibility index (Phi) is 5.79. The summed E-state index contributed by atoms with van der Waals surface area (Å²) in [5.41, 5.74) is 2.50. The Bertz CT molecular complexity index is 939. The van der Waals surface area contributed by atoms with E-state index in [9.17, 15) is 4.79 Å². The summed E-state index contributed by atoms with van der Waals surface area (Å²) in [7, 11) is 3.16. The van der Waals surface area contributed by atoms with E-state index in [1.807, 2.05) is 48.5 Å². The molecule has 1 aromatic heterocycles. The van der Waals surface area contributed by atoms with Crippen LogP contribution in [0.25, 0.3) is 17.2 Å². The molecule has 0 fully saturated rings. The molecule has 0 spiro atoms. The van der Waals surface area contributed by atoms with E-state index in [0.29, 0.717) is 11.5 Å². The van der Waals surface area contributed by atoms with E-state index < -0.39 is 0 Å². The zero-order valence-electron chi connectivity index (χ0n) is 15.0. The van der Waals surface area contributed by atoms with E-state index >= 15 is 0 Å². The van der Waals surface area contributed by atoms with E-state index in [1.165, 1.54) is 6.08 Å². The molecule has 0 aliphatic carbocycles. The molecule has 0 atom stereocenters. The predicted molar refractivity (Wildman–Crippen MR) is 105 cm³/mol. The fourth-order valence-electron chi connectivity index (χ4n) is 2.53. The van der Waals surface area contributed by atoms with Crippen molar-refractivity contribution in [3.63, 3.8) is 0 Å². The van der Waals surface area contributed by atoms with Crippen LogP contribution < -0.4 is 14.8 Å². The second-order valence-corrected chi connectivity index (χ2v) is 5.57. The van der Waals surface area contributed by atoms with Gasteiger partial charge in [0.2, 0.25) is 5.95 Å². The second kappa shape index (κ2) is 8.62. The average Bonchev–Trinajstić information content (AvgIpc) is 2.73. The van der Waals surface area contributed by atoms with Gasteiger partial charge in [0.25, 0.3) is 5.91 Å². The van der Waals surface area contributed by atoms with Crippen molar-refractivity contribution < 1.29 is 14.3 Å². The molecule has 27 heavy (non-hydrogen) atoms. The number of anilines is 1. The van der Waals surface area contributed by atoms with Gasteiger partial charge in [-0.25, -0.2) is 9.97 Å². The maximum Gasteiger partial charge on any atom is 0.250 e. The van der Waals surface area contributed by atoms with Crippen molar-refractivity contribution in [2.24, 2.45) is 0 Å². The van der Waals surface area contributed by atoms with Crippen molar-refractivity contribution in [2.75, 3.05) is 19.5 Å². The molecule has 0 radical (unpaired) electrons. The van der Waals surface area contributed by atoms with E-state index in [2.05, 4.69) is 15.3 Å². The lowest BCUT2D eigenvalue weighted by atomic mass is 10.1. The summed E-state index contributed by atoms with van der Waals surface area (Å²) in [6.07, 6.45) is 6.42. The van der Waals surface area contributed by atoms with Crippen molar-refractivity contribution in [1.29, 1.82) is 0 Å². The smallest absolute Gasteiger partial charge is 0.250 e. The molecular weight excluding hydrogens is 342 g/mol. The van der Waals surface area contributed by atoms with Gasteiger partial charge in [0.05, 0.1) is 14.2 Å². The summed E-state index contributed by atoms with van der Waals surface area (Å²) < 4.78 is 10.7. The first-order valence-corrected chi connectivity index (χ1v) is 8.29. The van der Waals surface area contributed by atoms with Gasteiger partial charge in [0.1, 0.15) is 0 Å². The number of aromatic nitrogens is 2. The number of ether oxygens (including phenoxy) is 2. The van der Waals surface area contributed by atoms with Crippen LogP contribution in [0.5, 0.6) is 11.5 Å². The average molecular weight is 361 g/mol. The van der Waals surface area contributed by atoms with Gasteiger partial charge in [-0.1, -0.05) is 42.5 Å². The molecular formula is C21H19N3O3. The van der Waals surface area contributed by atoms with Gasteiger partial charge in [-0.15, -0.1) is 0 Å². The number of benzene rings is 2. The molecule has 1 heterocycles. The minimum absolute atomic E-state index is 0.225. The Morgan fingerprint density at radius 1 is 0.963 bits per heavy atom. The molecule has 3 rings (SSSR count). The number of para-hydroxylation sites is 1. The topological polar surface area (TPSA) is 73.3 Å². The lowest BCUT2D eigenvalue weighted by Crippen LogP contribution is -2.10. The van der Waals surface area contributed by atoms with Crippen LogP contribution in [-0.4, -0.2) is 30.1 Å². The number of hydrogen-bond donors (Lipinski definition) is 1. The standard InChI is InChI=1S/C21H19N3O3/c1-26-18-10-6-9-17(20(18)27-2)16-13-22-21(23-14-16)24-19(25)12-11-15-7-4-3-5-8-15/h3-14H,1-2H3,(H,22,23,24,25)/b12-11+. The van der Waals surface area contributed by atoms with E-state index in [0.717, 1.165) is 16.7 Å². The maximum atomic E-state index is 12.0. The third-order valence-electron chi connectivity index (χ3n) is 3.83. The normalized spacial score (nSPS) is 10.6. The number of methoxy groups -OCH3 is 2. The van der Waals surface area contributed by atoms with Crippen molar-refractivity contribution in [2.45, 2.75) is 0 Å². The van der Waals surface area contributed by atoms with Crippen molar-refractivity contribution >= 4 is 17.9 Å². The molecule has 1 N–H and O–H groups in total. The number of carbonyl (C=O) groups excluding carboxylic acids is 1. The molecule has 0 saturated heterocycles. The van der Waals surface area contributed by atoms with Gasteiger partial charge >= 0.3 is 0 Å². The van der Waals surface area contributed by atoms with Crippen molar-refractivity contribution in [3.05, 3.63) is 72.6 Å². The number of hydrogen-bond acceptors (Lipinski definition) is 5. The largest absolute Gasteiger partial charge is 0.493 e. The molecule has 0 unspecified atom stereocenters. The van der Waals surface area contributed by atoms with Crippen LogP contribution >= 0.6 is 0 Å². The zero-order valence-corrected chi connectivity index (χ0v) is 15.0. The van der Waals surface area contributed by atoms with Crippen LogP contribution in [0.1, 0.15) is 5.56 Å². The lowest BCUT2D eigenvalue weighted by Gasteiger charge is -2.12. The highest BCUT2D eigenvalue weighted by molar-refractivity contribution is 6.00. The molecule has 1 amide bonds. The highest BCUT2D eigenvalue weighted by Gasteiger charge is 2.12. The van der Waals surface area contributed by atoms with Gasteiger partial charge in [0, 0.05) is 29.6 Å². The van der Waals surface area contributed by atoms with Crippen LogP contribution in [0.3, 0.4) is 0 Å². The van der Waals surface area contributed by atoms with Crippen LogP contribution in [-0.2, 0) is 4.79 Å². The van der Waals surface area contributed by atoms with E-state index in [4.69, 9.17) is 9.47 Å². The van der Waals surface area contributed by atoms with Gasteiger partial charge in [-0.3, -0.25) is 10.1 Å². The maximum absolute atomic E-state index is 12.0. The SMILES string of the molecule is COc1cccc(-c2cnc(NC(=O)/C=C/c3ccccc3)nc2)c1OC. The van der Waals surface area contributed by atoms with Gasteiger partial charge in [0.15, 0.2) is 11.5 Å². The first-order valence-electron chi connectivity index (χ1n) is 8.29. The fraction of sp³-hybridized carbons (Fsp3) is 0.0952. The molecule has 2 aromatic carbocycles. The molecule has 136 valence electrons. The summed E-state index contributed by atoms with van der Waals surface area (Å²) in [6.45, 7) is 0. The Hall–Kier alpha value is -3.67. The van der Waals surface area contributed by atoms with Gasteiger partial charge in [-0.05, 0) is 17.7 Å². The monoisotopic (exact) mass is 361 g/mol. The van der Waals surface area contributed by atoms with Crippen molar-refractivity contribution in [3.8, 4) is 22.6 Å². The summed E-state index contributed by atoms with van der Waals surface area (Å²) in [5.74, 6) is 1.15. The molecule has 6 nitrogen and oxygen atoms in total. The lowest BCUT2D eigenvalue weighted by molar-refractivity contribution is -0.111. The number of nitrogens with zero attached hydrogens (tertiary/aromatic N) is 2. The zero-order chi connectivity index (χ0) is 19.1.